The lowest BCUT2D eigenvalue weighted by atomic mass is 9.80. The Morgan fingerprint density at radius 3 is 2.20 bits per heavy atom. The number of carbonyl (C=O) groups excluding carboxylic acids is 1. The normalized spacial score (nSPS) is 44.5. The molecular weight excluding hydrogens is 929 g/mol. The molecule has 0 aromatic heterocycles. The van der Waals surface area contributed by atoms with Crippen LogP contribution in [0.2, 0.25) is 0 Å². The lowest BCUT2D eigenvalue weighted by Gasteiger charge is -2.54. The number of carboxylic acid groups (broad SMARTS) is 1. The summed E-state index contributed by atoms with van der Waals surface area (Å²) >= 11 is 0. The van der Waals surface area contributed by atoms with Gasteiger partial charge in [-0.05, 0) is 82.6 Å². The number of aliphatic hydroxyl groups excluding tert-OH is 7. The summed E-state index contributed by atoms with van der Waals surface area (Å²) in [6.45, 7) is 5.53. The maximum atomic E-state index is 13.9. The highest BCUT2D eigenvalue weighted by Crippen LogP contribution is 2.48. The molecule has 0 radical (unpaired) electrons. The highest BCUT2D eigenvalue weighted by atomic mass is 16.8. The number of esters is 1. The van der Waals surface area contributed by atoms with Crippen LogP contribution in [0.4, 0.5) is 0 Å². The van der Waals surface area contributed by atoms with Crippen LogP contribution in [-0.4, -0.2) is 181 Å². The second-order valence-corrected chi connectivity index (χ2v) is 21.4. The van der Waals surface area contributed by atoms with E-state index in [0.717, 1.165) is 0 Å². The highest BCUT2D eigenvalue weighted by Gasteiger charge is 2.57. The molecule has 6 aliphatic rings. The fourth-order valence-corrected chi connectivity index (χ4v) is 11.3. The summed E-state index contributed by atoms with van der Waals surface area (Å²) in [5, 5.41) is 100. The van der Waals surface area contributed by atoms with E-state index in [-0.39, 0.29) is 70.1 Å². The third-order valence-electron chi connectivity index (χ3n) is 15.8. The van der Waals surface area contributed by atoms with Crippen LogP contribution < -0.4 is 0 Å². The van der Waals surface area contributed by atoms with Crippen LogP contribution in [0.5, 0.6) is 0 Å². The Balaban J connectivity index is 1.25. The second kappa shape index (κ2) is 25.9. The zero-order valence-electron chi connectivity index (χ0n) is 42.2. The van der Waals surface area contributed by atoms with E-state index in [9.17, 15) is 50.4 Å². The number of hydrogen-bond donors (Lipinski definition) is 9. The minimum absolute atomic E-state index is 0.00247. The molecule has 6 aliphatic heterocycles. The van der Waals surface area contributed by atoms with Crippen LogP contribution >= 0.6 is 0 Å². The van der Waals surface area contributed by atoms with Crippen molar-refractivity contribution >= 4 is 11.9 Å². The van der Waals surface area contributed by atoms with Gasteiger partial charge in [0.2, 0.25) is 0 Å². The molecule has 19 heteroatoms. The number of aliphatic hydroxyl groups is 8. The Kier molecular flexibility index (Phi) is 21.1. The first-order valence-corrected chi connectivity index (χ1v) is 26.0. The van der Waals surface area contributed by atoms with Crippen molar-refractivity contribution in [3.63, 3.8) is 0 Å². The SMILES string of the molecule is COC1CC23CCC(C)C(O)(CC(C(O)CC=CCC=CCC(O)C(=O)O)OC(=O)CC4CCCC(CC(O)CC(O)CC5OC6(C=CC5C)CCC(OC)C(O6)C(O)C(O)C(C)CCC(O2)C1O)O4)O3. The van der Waals surface area contributed by atoms with E-state index in [4.69, 9.17) is 43.0 Å². The average molecular weight is 1010 g/mol. The molecule has 0 aliphatic carbocycles. The lowest BCUT2D eigenvalue weighted by Crippen LogP contribution is -2.63. The van der Waals surface area contributed by atoms with Gasteiger partial charge in [0, 0.05) is 64.6 Å². The molecule has 0 aromatic carbocycles. The first-order valence-electron chi connectivity index (χ1n) is 26.0. The lowest BCUT2D eigenvalue weighted by molar-refractivity contribution is -0.423. The topological polar surface area (TPSA) is 290 Å². The summed E-state index contributed by atoms with van der Waals surface area (Å²) in [4.78, 5) is 24.8. The van der Waals surface area contributed by atoms with E-state index in [1.54, 1.807) is 32.1 Å². The number of cyclic esters (lactones) is 1. The van der Waals surface area contributed by atoms with Gasteiger partial charge in [0.25, 0.3) is 0 Å². The van der Waals surface area contributed by atoms with Gasteiger partial charge in [-0.15, -0.1) is 0 Å². The quantitative estimate of drug-likeness (QED) is 0.112. The molecule has 21 unspecified atom stereocenters. The van der Waals surface area contributed by atoms with Crippen molar-refractivity contribution in [2.45, 2.75) is 245 Å². The van der Waals surface area contributed by atoms with Crippen LogP contribution in [0, 0.1) is 17.8 Å². The zero-order chi connectivity index (χ0) is 51.7. The molecule has 406 valence electrons. The van der Waals surface area contributed by atoms with Gasteiger partial charge in [0.05, 0.1) is 67.5 Å². The van der Waals surface area contributed by atoms with Gasteiger partial charge in [-0.1, -0.05) is 51.2 Å². The molecule has 5 fully saturated rings. The van der Waals surface area contributed by atoms with Crippen LogP contribution in [-0.2, 0) is 47.5 Å². The summed E-state index contributed by atoms with van der Waals surface area (Å²) in [5.41, 5.74) is 0. The van der Waals surface area contributed by atoms with E-state index in [0.29, 0.717) is 51.4 Å². The maximum absolute atomic E-state index is 13.9. The number of ether oxygens (including phenoxy) is 8. The molecule has 0 amide bonds. The van der Waals surface area contributed by atoms with E-state index >= 15 is 0 Å². The molecule has 8 bridgehead atoms. The molecule has 6 rings (SSSR count). The first-order chi connectivity index (χ1) is 33.7. The molecule has 2 spiro atoms. The predicted molar refractivity (Wildman–Crippen MR) is 254 cm³/mol. The van der Waals surface area contributed by atoms with Crippen LogP contribution in [0.25, 0.3) is 0 Å². The van der Waals surface area contributed by atoms with E-state index in [2.05, 4.69) is 0 Å². The smallest absolute Gasteiger partial charge is 0.332 e. The molecule has 19 nitrogen and oxygen atoms in total. The van der Waals surface area contributed by atoms with Crippen molar-refractivity contribution in [1.29, 1.82) is 0 Å². The Labute approximate surface area is 418 Å². The number of aliphatic carboxylic acids is 1. The maximum Gasteiger partial charge on any atom is 0.332 e. The van der Waals surface area contributed by atoms with Gasteiger partial charge < -0.3 is 83.9 Å². The minimum Gasteiger partial charge on any atom is -0.479 e. The number of carboxylic acids is 1. The van der Waals surface area contributed by atoms with Gasteiger partial charge in [-0.2, -0.15) is 0 Å². The van der Waals surface area contributed by atoms with Crippen molar-refractivity contribution in [2.24, 2.45) is 17.8 Å². The van der Waals surface area contributed by atoms with Crippen molar-refractivity contribution in [3.8, 4) is 0 Å². The summed E-state index contributed by atoms with van der Waals surface area (Å²) in [5.74, 6) is -7.95. The molecule has 71 heavy (non-hydrogen) atoms. The van der Waals surface area contributed by atoms with Crippen LogP contribution in [0.1, 0.15) is 136 Å². The van der Waals surface area contributed by atoms with Crippen LogP contribution in [0.3, 0.4) is 0 Å². The number of fused-ring (bicyclic) bond motifs is 6. The summed E-state index contributed by atoms with van der Waals surface area (Å²) < 4.78 is 50.4. The van der Waals surface area contributed by atoms with Crippen molar-refractivity contribution in [1.82, 2.24) is 0 Å². The summed E-state index contributed by atoms with van der Waals surface area (Å²) in [6.07, 6.45) is -0.0237. The molecule has 5 saturated heterocycles. The first kappa shape index (κ1) is 57.8. The molecular formula is C52H84O19. The Morgan fingerprint density at radius 2 is 1.48 bits per heavy atom. The number of hydrogen-bond acceptors (Lipinski definition) is 18. The third kappa shape index (κ3) is 15.3. The summed E-state index contributed by atoms with van der Waals surface area (Å²) in [6, 6.07) is 0. The molecule has 9 N–H and O–H groups in total. The Morgan fingerprint density at radius 1 is 0.775 bits per heavy atom. The molecule has 21 atom stereocenters. The van der Waals surface area contributed by atoms with Gasteiger partial charge >= 0.3 is 11.9 Å². The number of carbonyl (C=O) groups is 2. The largest absolute Gasteiger partial charge is 0.479 e. The van der Waals surface area contributed by atoms with E-state index in [1.807, 2.05) is 19.1 Å². The fraction of sp³-hybridized carbons (Fsp3) is 0.846. The number of allylic oxidation sites excluding steroid dienone is 2. The van der Waals surface area contributed by atoms with Crippen molar-refractivity contribution in [3.05, 3.63) is 36.5 Å². The number of methoxy groups -OCH3 is 2. The Bertz CT molecular complexity index is 1780. The molecule has 6 heterocycles. The minimum atomic E-state index is -2.01. The zero-order valence-corrected chi connectivity index (χ0v) is 42.2. The standard InChI is InChI=1S/C52H84O19/c1-30-18-21-50-23-20-40(64-4)48(70-50)47(60)45(58)31(2)16-17-39-46(59)43(65-5)28-51(68-39)22-19-32(3)52(63,71-51)29-42(37(55)14-9-7-6-8-10-15-38(56)49(61)62)67-44(57)27-36-13-11-12-35(66-36)25-33(53)24-34(54)26-41(30)69-50/h7-10,18,21,30-43,45-48,53-56,58-60,63H,6,11-17,19-20,22-29H2,1-5H3,(H,61,62). The molecule has 0 aromatic rings. The summed E-state index contributed by atoms with van der Waals surface area (Å²) in [7, 11) is 2.98. The average Bonchev–Trinajstić information content (AvgIpc) is 3.32. The van der Waals surface area contributed by atoms with Gasteiger partial charge in [-0.3, -0.25) is 4.79 Å². The number of rotatable bonds is 10. The predicted octanol–water partition coefficient (Wildman–Crippen LogP) is 3.23. The second-order valence-electron chi connectivity index (χ2n) is 21.4. The molecule has 0 saturated carbocycles. The van der Waals surface area contributed by atoms with Crippen LogP contribution in [0.15, 0.2) is 36.5 Å². The van der Waals surface area contributed by atoms with Crippen molar-refractivity contribution in [2.75, 3.05) is 14.2 Å². The fourth-order valence-electron chi connectivity index (χ4n) is 11.3. The van der Waals surface area contributed by atoms with E-state index in [1.165, 1.54) is 20.3 Å². The highest BCUT2D eigenvalue weighted by molar-refractivity contribution is 5.72. The monoisotopic (exact) mass is 1010 g/mol. The van der Waals surface area contributed by atoms with Gasteiger partial charge in [0.1, 0.15) is 24.4 Å². The van der Waals surface area contributed by atoms with Gasteiger partial charge in [-0.25, -0.2) is 4.79 Å². The van der Waals surface area contributed by atoms with Gasteiger partial charge in [0.15, 0.2) is 23.5 Å². The Hall–Kier alpha value is -2.44. The van der Waals surface area contributed by atoms with Crippen molar-refractivity contribution < 1.29 is 93.4 Å². The van der Waals surface area contributed by atoms with E-state index < -0.39 is 133 Å². The third-order valence-corrected chi connectivity index (χ3v) is 15.8.